The Hall–Kier alpha value is -1.50. The van der Waals surface area contributed by atoms with Crippen molar-refractivity contribution in [1.29, 1.82) is 0 Å². The van der Waals surface area contributed by atoms with Gasteiger partial charge in [-0.1, -0.05) is 0 Å². The van der Waals surface area contributed by atoms with Crippen molar-refractivity contribution in [3.05, 3.63) is 0 Å². The summed E-state index contributed by atoms with van der Waals surface area (Å²) in [6.07, 6.45) is 0. The fraction of sp³-hybridized carbons (Fsp3) is 0.500. The third kappa shape index (κ3) is 18.9. The van der Waals surface area contributed by atoms with Crippen LogP contribution in [-0.2, 0) is 19.2 Å². The second-order valence-electron chi connectivity index (χ2n) is 3.01. The molecule has 0 aromatic rings. The van der Waals surface area contributed by atoms with Gasteiger partial charge in [0.2, 0.25) is 0 Å². The lowest BCUT2D eigenvalue weighted by Crippen LogP contribution is -2.66. The number of thiol groups is 2. The van der Waals surface area contributed by atoms with Crippen LogP contribution < -0.4 is 21.7 Å². The van der Waals surface area contributed by atoms with E-state index < -0.39 is 36.0 Å². The van der Waals surface area contributed by atoms with Crippen molar-refractivity contribution in [2.45, 2.75) is 12.1 Å². The van der Waals surface area contributed by atoms with Crippen molar-refractivity contribution in [1.82, 2.24) is 0 Å². The average molecular weight is 332 g/mol. The maximum atomic E-state index is 9.82. The monoisotopic (exact) mass is 332 g/mol. The molecule has 0 spiro atoms. The van der Waals surface area contributed by atoms with Gasteiger partial charge in [0.1, 0.15) is 0 Å². The minimum absolute atomic E-state index is 0.301. The van der Waals surface area contributed by atoms with Crippen LogP contribution in [0.25, 0.3) is 0 Å². The number of hydrogen-bond acceptors (Lipinski definition) is 8. The second kappa shape index (κ2) is 13.9. The van der Waals surface area contributed by atoms with Gasteiger partial charge in [0.25, 0.3) is 0 Å². The molecule has 0 bridgehead atoms. The topological polar surface area (TPSA) is 210 Å². The number of rotatable bonds is 4. The Morgan fingerprint density at radius 1 is 0.850 bits per heavy atom. The smallest absolute Gasteiger partial charge is 0.363 e. The summed E-state index contributed by atoms with van der Waals surface area (Å²) in [5, 5.41) is 34.0. The van der Waals surface area contributed by atoms with Gasteiger partial charge in [-0.2, -0.15) is 25.3 Å². The summed E-state index contributed by atoms with van der Waals surface area (Å²) in [5.41, 5.74) is 6.56. The van der Waals surface area contributed by atoms with Gasteiger partial charge in [-0.15, -0.1) is 0 Å². The van der Waals surface area contributed by atoms with E-state index in [4.69, 9.17) is 30.0 Å². The molecule has 0 saturated heterocycles. The van der Waals surface area contributed by atoms with Crippen LogP contribution in [-0.4, -0.2) is 57.7 Å². The molecule has 0 aromatic carbocycles. The molecule has 0 saturated carbocycles. The predicted molar refractivity (Wildman–Crippen MR) is 66.3 cm³/mol. The fourth-order valence-electron chi connectivity index (χ4n) is 0.156. The molecule has 10 nitrogen and oxygen atoms in total. The summed E-state index contributed by atoms with van der Waals surface area (Å²) >= 11 is 7.42. The van der Waals surface area contributed by atoms with Crippen molar-refractivity contribution in [2.24, 2.45) is 0 Å². The highest BCUT2D eigenvalue weighted by molar-refractivity contribution is 7.80. The van der Waals surface area contributed by atoms with E-state index in [-0.39, 0.29) is 0 Å². The molecule has 20 heavy (non-hydrogen) atoms. The Labute approximate surface area is 124 Å². The van der Waals surface area contributed by atoms with Crippen LogP contribution in [0.2, 0.25) is 0 Å². The van der Waals surface area contributed by atoms with Gasteiger partial charge in [0.15, 0.2) is 12.1 Å². The highest BCUT2D eigenvalue weighted by Gasteiger charge is 2.11. The first-order valence-electron chi connectivity index (χ1n) is 4.76. The minimum atomic E-state index is -2.19. The summed E-state index contributed by atoms with van der Waals surface area (Å²) < 4.78 is 0. The van der Waals surface area contributed by atoms with Gasteiger partial charge >= 0.3 is 11.9 Å². The van der Waals surface area contributed by atoms with Crippen LogP contribution in [0.3, 0.4) is 0 Å². The molecule has 0 aliphatic rings. The lowest BCUT2D eigenvalue weighted by molar-refractivity contribution is -0.400. The van der Waals surface area contributed by atoms with E-state index in [2.05, 4.69) is 36.7 Å². The van der Waals surface area contributed by atoms with Crippen molar-refractivity contribution in [3.8, 4) is 0 Å². The molecular formula is C8H16N2O8S2. The number of carboxylic acid groups (broad SMARTS) is 4. The first-order chi connectivity index (χ1) is 9.00. The molecule has 0 aromatic heterocycles. The number of quaternary nitrogens is 2. The van der Waals surface area contributed by atoms with Crippen molar-refractivity contribution in [3.63, 3.8) is 0 Å². The minimum Gasteiger partial charge on any atom is -0.543 e. The summed E-state index contributed by atoms with van der Waals surface area (Å²) in [5.74, 6) is -5.56. The number of aliphatic carboxylic acids is 4. The van der Waals surface area contributed by atoms with Crippen LogP contribution >= 0.6 is 25.3 Å². The molecule has 0 amide bonds. The third-order valence-electron chi connectivity index (χ3n) is 1.31. The lowest BCUT2D eigenvalue weighted by atomic mass is 10.4. The maximum absolute atomic E-state index is 9.82. The predicted octanol–water partition coefficient (Wildman–Crippen LogP) is -6.29. The normalized spacial score (nSPS) is 11.6. The van der Waals surface area contributed by atoms with Crippen LogP contribution in [0.4, 0.5) is 0 Å². The molecule has 0 heterocycles. The molecule has 0 aliphatic carbocycles. The molecule has 0 rings (SSSR count). The zero-order valence-electron chi connectivity index (χ0n) is 10.2. The van der Waals surface area contributed by atoms with Crippen LogP contribution in [0.15, 0.2) is 0 Å². The third-order valence-corrected chi connectivity index (χ3v) is 2.19. The average Bonchev–Trinajstić information content (AvgIpc) is 2.37. The van der Waals surface area contributed by atoms with Gasteiger partial charge in [-0.05, 0) is 0 Å². The largest absolute Gasteiger partial charge is 0.543 e. The maximum Gasteiger partial charge on any atom is 0.363 e. The van der Waals surface area contributed by atoms with E-state index in [9.17, 15) is 9.59 Å². The second-order valence-corrected chi connectivity index (χ2v) is 3.74. The number of carbonyl (C=O) groups excluding carboxylic acids is 2. The van der Waals surface area contributed by atoms with Crippen LogP contribution in [0.5, 0.6) is 0 Å². The van der Waals surface area contributed by atoms with E-state index in [1.807, 2.05) is 0 Å². The highest BCUT2D eigenvalue weighted by Crippen LogP contribution is 1.77. The van der Waals surface area contributed by atoms with E-state index in [0.717, 1.165) is 0 Å². The molecule has 0 aliphatic heterocycles. The molecule has 0 fully saturated rings. The fourth-order valence-corrected chi connectivity index (χ4v) is 0.469. The van der Waals surface area contributed by atoms with E-state index >= 15 is 0 Å². The number of carbonyl (C=O) groups is 4. The highest BCUT2D eigenvalue weighted by atomic mass is 32.1. The molecule has 8 N–H and O–H groups in total. The molecule has 12 heteroatoms. The molecule has 2 atom stereocenters. The Kier molecular flexibility index (Phi) is 16.4. The molecular weight excluding hydrogens is 316 g/mol. The Balaban J connectivity index is -0.000000218. The quantitative estimate of drug-likeness (QED) is 0.215. The first kappa shape index (κ1) is 23.6. The van der Waals surface area contributed by atoms with Gasteiger partial charge in [-0.25, -0.2) is 9.59 Å². The summed E-state index contributed by atoms with van der Waals surface area (Å²) in [4.78, 5) is 37.5. The van der Waals surface area contributed by atoms with Crippen molar-refractivity contribution >= 4 is 49.1 Å². The van der Waals surface area contributed by atoms with E-state index in [0.29, 0.717) is 11.5 Å². The molecule has 118 valence electrons. The van der Waals surface area contributed by atoms with Gasteiger partial charge in [0, 0.05) is 0 Å². The van der Waals surface area contributed by atoms with Gasteiger partial charge < -0.3 is 41.5 Å². The van der Waals surface area contributed by atoms with Crippen LogP contribution in [0, 0.1) is 0 Å². The summed E-state index contributed by atoms with van der Waals surface area (Å²) in [6.45, 7) is 0. The standard InChI is InChI=1S/2C3H7NO2S.C2H2O4/c2*4-2(1-7)3(5)6;3-1(4)2(5)6/h2*2,7H,1,4H2,(H,5,6);(H,3,4)(H,5,6). The molecule has 2 unspecified atom stereocenters. The zero-order chi connectivity index (χ0) is 16.9. The Morgan fingerprint density at radius 2 is 1.05 bits per heavy atom. The van der Waals surface area contributed by atoms with Crippen LogP contribution in [0.1, 0.15) is 0 Å². The van der Waals surface area contributed by atoms with E-state index in [1.54, 1.807) is 0 Å². The van der Waals surface area contributed by atoms with Gasteiger partial charge in [0.05, 0.1) is 23.4 Å². The summed E-state index contributed by atoms with van der Waals surface area (Å²) in [6, 6.07) is -1.13. The molecule has 0 radical (unpaired) electrons. The first-order valence-corrected chi connectivity index (χ1v) is 6.03. The van der Waals surface area contributed by atoms with E-state index in [1.165, 1.54) is 0 Å². The lowest BCUT2D eigenvalue weighted by Gasteiger charge is -1.97. The SMILES string of the molecule is O=C([O-])C(=O)[O-].[NH3+]C(CS)C(=O)O.[NH3+]C(CS)C(=O)O. The number of hydrogen-bond donors (Lipinski definition) is 6. The van der Waals surface area contributed by atoms with Crippen molar-refractivity contribution < 1.29 is 51.1 Å². The zero-order valence-corrected chi connectivity index (χ0v) is 12.0. The Bertz CT molecular complexity index is 306. The Morgan fingerprint density at radius 3 is 1.05 bits per heavy atom. The van der Waals surface area contributed by atoms with Gasteiger partial charge in [-0.3, -0.25) is 0 Å². The summed E-state index contributed by atoms with van der Waals surface area (Å²) in [7, 11) is 0. The van der Waals surface area contributed by atoms with Crippen molar-refractivity contribution in [2.75, 3.05) is 11.5 Å². The number of carboxylic acids is 4.